The summed E-state index contributed by atoms with van der Waals surface area (Å²) in [6, 6.07) is 4.95. The molecule has 22 heteroatoms. The van der Waals surface area contributed by atoms with Gasteiger partial charge in [0.1, 0.15) is 29.4 Å². The van der Waals surface area contributed by atoms with Crippen LogP contribution < -0.4 is 11.1 Å². The Kier molecular flexibility index (Phi) is 10.3. The van der Waals surface area contributed by atoms with Crippen LogP contribution in [0.2, 0.25) is 0 Å². The van der Waals surface area contributed by atoms with Gasteiger partial charge in [-0.3, -0.25) is 14.5 Å². The number of thiazole rings is 1. The van der Waals surface area contributed by atoms with Gasteiger partial charge < -0.3 is 41.4 Å². The standard InChI is InChI=1S/C27H22FN9O9S2.Na.H/c28-17-11(2-4-15(39)21(17)41)7-46-33-18(13-9-48-27(29)30-13)23(42)31-19-24(43)37-20(26(44)45)12(8-47-25(19)37)6-36-22(32-34-35-36)10-1-3-14(38)16(40)5-10;;/h1-5,9,19,25,38-41H,6-8H2,(H2,29,30)(H,31,42)(H,44,45);;/t19-,25-;;/m1../s1. The van der Waals surface area contributed by atoms with Crippen LogP contribution in [0.4, 0.5) is 9.52 Å². The van der Waals surface area contributed by atoms with Crippen molar-refractivity contribution in [2.75, 3.05) is 11.5 Å². The molecule has 18 nitrogen and oxygen atoms in total. The molecule has 0 saturated carbocycles. The Balaban J connectivity index is 0.00000468. The summed E-state index contributed by atoms with van der Waals surface area (Å²) in [5.74, 6) is -6.35. The molecule has 49 heavy (non-hydrogen) atoms. The number of aromatic hydroxyl groups is 4. The number of amides is 2. The average molecular weight is 724 g/mol. The van der Waals surface area contributed by atoms with Crippen molar-refractivity contribution in [2.24, 2.45) is 5.16 Å². The molecule has 2 atom stereocenters. The first kappa shape index (κ1) is 35.3. The molecular weight excluding hydrogens is 700 g/mol. The molecular formula is C27H23FN9NaO9S2. The number of nitrogen functional groups attached to an aromatic ring is 1. The molecule has 2 aromatic heterocycles. The van der Waals surface area contributed by atoms with E-state index in [0.29, 0.717) is 11.1 Å². The van der Waals surface area contributed by atoms with Gasteiger partial charge in [0.15, 0.2) is 45.5 Å². The van der Waals surface area contributed by atoms with E-state index in [9.17, 15) is 44.3 Å². The van der Waals surface area contributed by atoms with Gasteiger partial charge in [0.25, 0.3) is 11.8 Å². The zero-order chi connectivity index (χ0) is 34.3. The van der Waals surface area contributed by atoms with Crippen molar-refractivity contribution in [1.82, 2.24) is 35.4 Å². The number of hydrogen-bond donors (Lipinski definition) is 7. The van der Waals surface area contributed by atoms with Crippen LogP contribution in [0.15, 0.2) is 52.1 Å². The molecule has 0 unspecified atom stereocenters. The van der Waals surface area contributed by atoms with E-state index in [1.807, 2.05) is 0 Å². The Hall–Kier alpha value is -4.96. The second kappa shape index (κ2) is 14.3. The summed E-state index contributed by atoms with van der Waals surface area (Å²) in [6.07, 6.45) is 0. The molecule has 0 radical (unpaired) electrons. The first-order valence-corrected chi connectivity index (χ1v) is 15.5. The number of anilines is 1. The first-order valence-electron chi connectivity index (χ1n) is 13.5. The Bertz CT molecular complexity index is 2040. The molecule has 4 heterocycles. The third-order valence-electron chi connectivity index (χ3n) is 7.17. The third kappa shape index (κ3) is 6.83. The van der Waals surface area contributed by atoms with Gasteiger partial charge in [-0.15, -0.1) is 28.2 Å². The minimum absolute atomic E-state index is 0. The SMILES string of the molecule is Nc1nc(C(=NOCc2ccc(O)c(O)c2F)C(=O)N[C@@H]2C(=O)N3C(C(=O)O)=C(Cn4nnnc4-c4ccc(O)c(O)c4)CS[C@H]23)cs1.[NaH]. The van der Waals surface area contributed by atoms with Gasteiger partial charge in [-0.05, 0) is 46.3 Å². The summed E-state index contributed by atoms with van der Waals surface area (Å²) < 4.78 is 15.6. The van der Waals surface area contributed by atoms with Gasteiger partial charge in [-0.1, -0.05) is 5.16 Å². The monoisotopic (exact) mass is 723 g/mol. The molecule has 0 spiro atoms. The fraction of sp³-hybridized carbons (Fsp3) is 0.185. The number of halogens is 1. The zero-order valence-corrected chi connectivity index (χ0v) is 25.6. The number of nitrogens with two attached hydrogens (primary N) is 1. The van der Waals surface area contributed by atoms with E-state index in [4.69, 9.17) is 10.6 Å². The summed E-state index contributed by atoms with van der Waals surface area (Å²) in [5.41, 5.74) is 5.41. The van der Waals surface area contributed by atoms with Crippen molar-refractivity contribution in [2.45, 2.75) is 24.6 Å². The van der Waals surface area contributed by atoms with E-state index in [0.717, 1.165) is 28.4 Å². The number of nitrogens with one attached hydrogen (secondary N) is 1. The van der Waals surface area contributed by atoms with Gasteiger partial charge >= 0.3 is 35.5 Å². The Morgan fingerprint density at radius 1 is 1.14 bits per heavy atom. The van der Waals surface area contributed by atoms with Gasteiger partial charge in [0.2, 0.25) is 0 Å². The predicted octanol–water partition coefficient (Wildman–Crippen LogP) is 0.0515. The number of carbonyl (C=O) groups excluding carboxylic acids is 2. The van der Waals surface area contributed by atoms with E-state index < -0.39 is 64.6 Å². The zero-order valence-electron chi connectivity index (χ0n) is 24.0. The predicted molar refractivity (Wildman–Crippen MR) is 171 cm³/mol. The van der Waals surface area contributed by atoms with E-state index in [1.54, 1.807) is 0 Å². The Morgan fingerprint density at radius 3 is 2.59 bits per heavy atom. The van der Waals surface area contributed by atoms with Gasteiger partial charge in [-0.2, -0.15) is 0 Å². The molecule has 250 valence electrons. The third-order valence-corrected chi connectivity index (χ3v) is 9.19. The van der Waals surface area contributed by atoms with Crippen molar-refractivity contribution in [3.8, 4) is 34.4 Å². The molecule has 2 aliphatic heterocycles. The molecule has 2 amide bonds. The number of carboxylic acid groups (broad SMARTS) is 1. The normalized spacial score (nSPS) is 17.2. The fourth-order valence-electron chi connectivity index (χ4n) is 4.85. The number of carbonyl (C=O) groups is 3. The molecule has 2 aliphatic rings. The second-order valence-electron chi connectivity index (χ2n) is 10.2. The number of carboxylic acids is 1. The molecule has 1 saturated heterocycles. The summed E-state index contributed by atoms with van der Waals surface area (Å²) in [5, 5.41) is 67.1. The van der Waals surface area contributed by atoms with Crippen LogP contribution in [0.5, 0.6) is 23.0 Å². The van der Waals surface area contributed by atoms with Crippen molar-refractivity contribution >= 4 is 81.3 Å². The van der Waals surface area contributed by atoms with E-state index in [-0.39, 0.29) is 75.5 Å². The number of thioether (sulfide) groups is 1. The Labute approximate surface area is 304 Å². The number of fused-ring (bicyclic) bond motifs is 1. The number of rotatable bonds is 10. The number of nitrogens with zero attached hydrogens (tertiary/aromatic N) is 7. The maximum absolute atomic E-state index is 14.3. The topological polar surface area (TPSA) is 272 Å². The van der Waals surface area contributed by atoms with E-state index in [1.165, 1.54) is 40.0 Å². The van der Waals surface area contributed by atoms with Crippen molar-refractivity contribution in [3.05, 3.63) is 64.1 Å². The van der Waals surface area contributed by atoms with Crippen molar-refractivity contribution in [3.63, 3.8) is 0 Å². The fourth-order valence-corrected chi connectivity index (χ4v) is 6.73. The number of β-lactam (4-membered cyclic amide) rings is 1. The number of oxime groups is 1. The summed E-state index contributed by atoms with van der Waals surface area (Å²) >= 11 is 2.17. The summed E-state index contributed by atoms with van der Waals surface area (Å²) in [4.78, 5) is 49.3. The van der Waals surface area contributed by atoms with Crippen LogP contribution in [0.25, 0.3) is 11.4 Å². The van der Waals surface area contributed by atoms with Crippen LogP contribution in [0.1, 0.15) is 11.3 Å². The molecule has 2 aromatic carbocycles. The number of tetrazole rings is 1. The summed E-state index contributed by atoms with van der Waals surface area (Å²) in [7, 11) is 0. The quantitative estimate of drug-likeness (QED) is 0.0375. The molecule has 8 N–H and O–H groups in total. The molecule has 4 aromatic rings. The van der Waals surface area contributed by atoms with Gasteiger partial charge in [-0.25, -0.2) is 18.9 Å². The van der Waals surface area contributed by atoms with Gasteiger partial charge in [0.05, 0.1) is 6.54 Å². The Morgan fingerprint density at radius 2 is 1.90 bits per heavy atom. The van der Waals surface area contributed by atoms with E-state index in [2.05, 4.69) is 31.0 Å². The molecule has 0 bridgehead atoms. The number of benzene rings is 2. The van der Waals surface area contributed by atoms with Crippen LogP contribution in [-0.4, -0.2) is 126 Å². The van der Waals surface area contributed by atoms with Crippen LogP contribution >= 0.6 is 23.1 Å². The number of aliphatic carboxylic acids is 1. The molecule has 0 aliphatic carbocycles. The minimum atomic E-state index is -1.40. The number of phenols is 4. The number of hydrogen-bond acceptors (Lipinski definition) is 16. The molecule has 6 rings (SSSR count). The number of aromatic nitrogens is 5. The van der Waals surface area contributed by atoms with Crippen LogP contribution in [0, 0.1) is 5.82 Å². The maximum atomic E-state index is 14.3. The second-order valence-corrected chi connectivity index (χ2v) is 12.2. The molecule has 1 fully saturated rings. The van der Waals surface area contributed by atoms with E-state index >= 15 is 0 Å². The van der Waals surface area contributed by atoms with Crippen LogP contribution in [0.3, 0.4) is 0 Å². The first-order chi connectivity index (χ1) is 22.9. The number of phenolic OH excluding ortho intramolecular Hbond substituents is 4. The van der Waals surface area contributed by atoms with Crippen molar-refractivity contribution < 1.29 is 49.1 Å². The van der Waals surface area contributed by atoms with Crippen LogP contribution in [-0.2, 0) is 32.4 Å². The van der Waals surface area contributed by atoms with Gasteiger partial charge in [0, 0.05) is 22.3 Å². The summed E-state index contributed by atoms with van der Waals surface area (Å²) in [6.45, 7) is -0.692. The van der Waals surface area contributed by atoms with Crippen molar-refractivity contribution in [1.29, 1.82) is 0 Å². The average Bonchev–Trinajstić information content (AvgIpc) is 3.71.